The largest absolute Gasteiger partial charge is 0.309 e. The second-order valence-electron chi connectivity index (χ2n) is 15.2. The van der Waals surface area contributed by atoms with Crippen LogP contribution in [0, 0.1) is 0 Å². The molecule has 4 nitrogen and oxygen atoms in total. The van der Waals surface area contributed by atoms with E-state index in [-0.39, 0.29) is 0 Å². The number of rotatable bonds is 6. The summed E-state index contributed by atoms with van der Waals surface area (Å²) in [4.78, 5) is 15.6. The second kappa shape index (κ2) is 14.0. The van der Waals surface area contributed by atoms with E-state index in [1.54, 1.807) is 0 Å². The van der Waals surface area contributed by atoms with Gasteiger partial charge in [-0.25, -0.2) is 15.0 Å². The van der Waals surface area contributed by atoms with Gasteiger partial charge < -0.3 is 4.57 Å². The van der Waals surface area contributed by atoms with Gasteiger partial charge in [0.05, 0.1) is 38.3 Å². The summed E-state index contributed by atoms with van der Waals surface area (Å²) in [5.41, 5.74) is 13.7. The summed E-state index contributed by atoms with van der Waals surface area (Å²) in [5.74, 6) is 0.687. The molecule has 0 radical (unpaired) electrons. The first-order chi connectivity index (χ1) is 29.7. The van der Waals surface area contributed by atoms with Crippen molar-refractivity contribution in [2.75, 3.05) is 0 Å². The van der Waals surface area contributed by atoms with Gasteiger partial charge in [-0.1, -0.05) is 158 Å². The number of aromatic nitrogens is 4. The molecule has 4 aromatic heterocycles. The Bertz CT molecular complexity index is 3520. The topological polar surface area (TPSA) is 43.6 Å². The van der Waals surface area contributed by atoms with Gasteiger partial charge in [0.25, 0.3) is 0 Å². The summed E-state index contributed by atoms with van der Waals surface area (Å²) in [5, 5.41) is 6.19. The van der Waals surface area contributed by atoms with Crippen LogP contribution in [0.3, 0.4) is 0 Å². The maximum absolute atomic E-state index is 5.26. The number of thiophene rings is 1. The van der Waals surface area contributed by atoms with Gasteiger partial charge in [-0.3, -0.25) is 0 Å². The first kappa shape index (κ1) is 34.3. The SMILES string of the molecule is c1ccc(-c2cc(-c3ccc(-n4c5ccccc5c5ccccc54)cc3)nc(-c3ccc(-c4ccc5nc(-c6ccccc6)c6sc7ccccc7c6c5c4)cc3)n2)cc1. The highest BCUT2D eigenvalue weighted by Crippen LogP contribution is 2.43. The van der Waals surface area contributed by atoms with Crippen molar-refractivity contribution in [3.63, 3.8) is 0 Å². The normalized spacial score (nSPS) is 11.7. The van der Waals surface area contributed by atoms with Gasteiger partial charge in [0, 0.05) is 59.6 Å². The molecule has 0 aliphatic carbocycles. The maximum atomic E-state index is 5.26. The van der Waals surface area contributed by atoms with Gasteiger partial charge in [0.2, 0.25) is 0 Å². The van der Waals surface area contributed by atoms with Crippen molar-refractivity contribution < 1.29 is 0 Å². The average Bonchev–Trinajstić information content (AvgIpc) is 3.89. The van der Waals surface area contributed by atoms with E-state index in [9.17, 15) is 0 Å². The minimum Gasteiger partial charge on any atom is -0.309 e. The number of hydrogen-bond acceptors (Lipinski definition) is 4. The highest BCUT2D eigenvalue weighted by atomic mass is 32.1. The van der Waals surface area contributed by atoms with Crippen LogP contribution in [0.15, 0.2) is 206 Å². The van der Waals surface area contributed by atoms with Crippen molar-refractivity contribution in [3.8, 4) is 62.0 Å². The van der Waals surface area contributed by atoms with E-state index in [0.29, 0.717) is 5.82 Å². The van der Waals surface area contributed by atoms with Gasteiger partial charge in [-0.2, -0.15) is 0 Å². The molecule has 0 amide bonds. The molecule has 0 unspecified atom stereocenters. The van der Waals surface area contributed by atoms with E-state index in [0.717, 1.165) is 67.1 Å². The first-order valence-electron chi connectivity index (χ1n) is 20.2. The third-order valence-electron chi connectivity index (χ3n) is 11.6. The Kier molecular flexibility index (Phi) is 8.00. The molecule has 0 atom stereocenters. The van der Waals surface area contributed by atoms with E-state index in [4.69, 9.17) is 15.0 Å². The first-order valence-corrected chi connectivity index (χ1v) is 21.0. The lowest BCUT2D eigenvalue weighted by molar-refractivity contribution is 1.17. The Labute approximate surface area is 350 Å². The van der Waals surface area contributed by atoms with Crippen molar-refractivity contribution in [2.24, 2.45) is 0 Å². The molecule has 0 bridgehead atoms. The molecule has 0 spiro atoms. The van der Waals surface area contributed by atoms with Crippen LogP contribution in [0.1, 0.15) is 0 Å². The molecule has 0 saturated carbocycles. The molecule has 5 heteroatoms. The summed E-state index contributed by atoms with van der Waals surface area (Å²) < 4.78 is 4.83. The van der Waals surface area contributed by atoms with Crippen LogP contribution in [0.4, 0.5) is 0 Å². The highest BCUT2D eigenvalue weighted by molar-refractivity contribution is 7.26. The predicted molar refractivity (Wildman–Crippen MR) is 252 cm³/mol. The lowest BCUT2D eigenvalue weighted by Gasteiger charge is -2.12. The van der Waals surface area contributed by atoms with Crippen LogP contribution in [-0.4, -0.2) is 19.5 Å². The fraction of sp³-hybridized carbons (Fsp3) is 0. The Morgan fingerprint density at radius 3 is 1.58 bits per heavy atom. The molecule has 60 heavy (non-hydrogen) atoms. The van der Waals surface area contributed by atoms with Crippen LogP contribution in [-0.2, 0) is 0 Å². The quantitative estimate of drug-likeness (QED) is 0.169. The fourth-order valence-electron chi connectivity index (χ4n) is 8.73. The molecule has 0 aliphatic heterocycles. The molecule has 12 aromatic rings. The lowest BCUT2D eigenvalue weighted by Crippen LogP contribution is -1.97. The third kappa shape index (κ3) is 5.70. The Morgan fingerprint density at radius 2 is 0.900 bits per heavy atom. The summed E-state index contributed by atoms with van der Waals surface area (Å²) >= 11 is 1.82. The van der Waals surface area contributed by atoms with E-state index in [1.165, 1.54) is 42.0 Å². The monoisotopic (exact) mass is 782 g/mol. The van der Waals surface area contributed by atoms with Crippen LogP contribution in [0.5, 0.6) is 0 Å². The Morgan fingerprint density at radius 1 is 0.367 bits per heavy atom. The van der Waals surface area contributed by atoms with E-state index < -0.39 is 0 Å². The molecule has 8 aromatic carbocycles. The Hall–Kier alpha value is -7.73. The minimum absolute atomic E-state index is 0.687. The Balaban J connectivity index is 0.935. The molecule has 0 N–H and O–H groups in total. The average molecular weight is 783 g/mol. The molecule has 12 rings (SSSR count). The van der Waals surface area contributed by atoms with E-state index in [1.807, 2.05) is 17.4 Å². The van der Waals surface area contributed by atoms with Crippen LogP contribution in [0.2, 0.25) is 0 Å². The van der Waals surface area contributed by atoms with Gasteiger partial charge in [0.1, 0.15) is 0 Å². The number of pyridine rings is 1. The molecule has 0 aliphatic rings. The summed E-state index contributed by atoms with van der Waals surface area (Å²) in [7, 11) is 0. The van der Waals surface area contributed by atoms with Gasteiger partial charge in [-0.05, 0) is 59.7 Å². The van der Waals surface area contributed by atoms with Crippen molar-refractivity contribution in [3.05, 3.63) is 206 Å². The van der Waals surface area contributed by atoms with E-state index >= 15 is 0 Å². The van der Waals surface area contributed by atoms with Gasteiger partial charge in [0.15, 0.2) is 5.82 Å². The number of hydrogen-bond donors (Lipinski definition) is 0. The maximum Gasteiger partial charge on any atom is 0.160 e. The molecule has 4 heterocycles. The lowest BCUT2D eigenvalue weighted by atomic mass is 9.98. The van der Waals surface area contributed by atoms with Crippen molar-refractivity contribution in [1.29, 1.82) is 0 Å². The standard InChI is InChI=1S/C55H34N4S/c1-3-13-36(14-4-1)47-34-48(37-27-30-41(31-28-37)59-49-20-10-7-17-42(49)43-18-8-11-21-50(43)59)58-55(57-47)39-25-23-35(24-26-39)40-29-32-46-45(33-40)52-44-19-9-12-22-51(44)60-54(52)53(56-46)38-15-5-2-6-16-38/h1-34H. The zero-order valence-corrected chi connectivity index (χ0v) is 33.1. The summed E-state index contributed by atoms with van der Waals surface area (Å²) in [6.07, 6.45) is 0. The molecule has 280 valence electrons. The fourth-order valence-corrected chi connectivity index (χ4v) is 9.96. The second-order valence-corrected chi connectivity index (χ2v) is 16.2. The van der Waals surface area contributed by atoms with Crippen LogP contribution < -0.4 is 0 Å². The van der Waals surface area contributed by atoms with Crippen LogP contribution in [0.25, 0.3) is 115 Å². The highest BCUT2D eigenvalue weighted by Gasteiger charge is 2.18. The number of benzene rings is 8. The number of nitrogens with zero attached hydrogens (tertiary/aromatic N) is 4. The number of fused-ring (bicyclic) bond motifs is 8. The van der Waals surface area contributed by atoms with Crippen molar-refractivity contribution in [1.82, 2.24) is 19.5 Å². The van der Waals surface area contributed by atoms with Gasteiger partial charge >= 0.3 is 0 Å². The zero-order chi connectivity index (χ0) is 39.6. The predicted octanol–water partition coefficient (Wildman–Crippen LogP) is 14.8. The molecular formula is C55H34N4S. The van der Waals surface area contributed by atoms with E-state index in [2.05, 4.69) is 205 Å². The van der Waals surface area contributed by atoms with Crippen LogP contribution >= 0.6 is 11.3 Å². The molecular weight excluding hydrogens is 749 g/mol. The summed E-state index contributed by atoms with van der Waals surface area (Å²) in [6, 6.07) is 73.0. The zero-order valence-electron chi connectivity index (χ0n) is 32.3. The smallest absolute Gasteiger partial charge is 0.160 e. The van der Waals surface area contributed by atoms with Gasteiger partial charge in [-0.15, -0.1) is 11.3 Å². The molecule has 0 fully saturated rings. The number of para-hydroxylation sites is 2. The van der Waals surface area contributed by atoms with Crippen molar-refractivity contribution in [2.45, 2.75) is 0 Å². The minimum atomic E-state index is 0.687. The summed E-state index contributed by atoms with van der Waals surface area (Å²) in [6.45, 7) is 0. The molecule has 0 saturated heterocycles. The third-order valence-corrected chi connectivity index (χ3v) is 12.8. The van der Waals surface area contributed by atoms with Crippen molar-refractivity contribution >= 4 is 64.2 Å².